The van der Waals surface area contributed by atoms with Crippen molar-refractivity contribution in [1.82, 2.24) is 10.3 Å². The van der Waals surface area contributed by atoms with Gasteiger partial charge in [-0.1, -0.05) is 28.1 Å². The number of carbonyl (C=O) groups is 2. The van der Waals surface area contributed by atoms with E-state index < -0.39 is 23.7 Å². The van der Waals surface area contributed by atoms with Gasteiger partial charge < -0.3 is 10.1 Å². The molecule has 0 saturated carbocycles. The van der Waals surface area contributed by atoms with Crippen LogP contribution in [0.3, 0.4) is 0 Å². The molecule has 0 aliphatic heterocycles. The zero-order valence-electron chi connectivity index (χ0n) is 14.6. The van der Waals surface area contributed by atoms with Gasteiger partial charge in [-0.15, -0.1) is 0 Å². The molecule has 3 rings (SSSR count). The van der Waals surface area contributed by atoms with E-state index in [2.05, 4.69) is 26.2 Å². The van der Waals surface area contributed by atoms with Gasteiger partial charge in [0.15, 0.2) is 6.04 Å². The monoisotopic (exact) mass is 430 g/mol. The third-order valence-corrected chi connectivity index (χ3v) is 4.66. The Labute approximate surface area is 163 Å². The number of pyridine rings is 1. The van der Waals surface area contributed by atoms with Crippen LogP contribution in [0, 0.1) is 12.7 Å². The molecule has 1 unspecified atom stereocenters. The quantitative estimate of drug-likeness (QED) is 0.632. The van der Waals surface area contributed by atoms with E-state index in [0.717, 1.165) is 4.47 Å². The van der Waals surface area contributed by atoms with Crippen molar-refractivity contribution in [2.75, 3.05) is 7.11 Å². The summed E-state index contributed by atoms with van der Waals surface area (Å²) in [5.74, 6) is -1.45. The van der Waals surface area contributed by atoms with E-state index in [4.69, 9.17) is 4.74 Å². The van der Waals surface area contributed by atoms with E-state index in [0.29, 0.717) is 27.7 Å². The van der Waals surface area contributed by atoms with Gasteiger partial charge in [0.25, 0.3) is 5.91 Å². The zero-order valence-corrected chi connectivity index (χ0v) is 16.2. The number of nitrogens with zero attached hydrogens (tertiary/aromatic N) is 1. The van der Waals surface area contributed by atoms with Gasteiger partial charge in [-0.05, 0) is 42.8 Å². The Balaban J connectivity index is 1.94. The number of aromatic nitrogens is 1. The summed E-state index contributed by atoms with van der Waals surface area (Å²) >= 11 is 3.34. The van der Waals surface area contributed by atoms with Crippen LogP contribution in [0.15, 0.2) is 53.0 Å². The highest BCUT2D eigenvalue weighted by atomic mass is 79.9. The van der Waals surface area contributed by atoms with Crippen LogP contribution >= 0.6 is 15.9 Å². The first-order valence-electron chi connectivity index (χ1n) is 8.10. The van der Waals surface area contributed by atoms with E-state index >= 15 is 0 Å². The number of nitrogens with one attached hydrogen (secondary N) is 1. The van der Waals surface area contributed by atoms with Gasteiger partial charge in [-0.3, -0.25) is 9.78 Å². The highest BCUT2D eigenvalue weighted by Gasteiger charge is 2.25. The van der Waals surface area contributed by atoms with Crippen LogP contribution in [-0.2, 0) is 9.53 Å². The maximum absolute atomic E-state index is 13.4. The van der Waals surface area contributed by atoms with Crippen LogP contribution in [0.4, 0.5) is 4.39 Å². The smallest absolute Gasteiger partial charge is 0.333 e. The molecule has 1 amide bonds. The zero-order chi connectivity index (χ0) is 19.6. The lowest BCUT2D eigenvalue weighted by molar-refractivity contribution is -0.143. The molecule has 0 aliphatic carbocycles. The van der Waals surface area contributed by atoms with Gasteiger partial charge in [0.1, 0.15) is 5.82 Å². The maximum atomic E-state index is 13.4. The Morgan fingerprint density at radius 1 is 1.15 bits per heavy atom. The Morgan fingerprint density at radius 3 is 2.52 bits per heavy atom. The van der Waals surface area contributed by atoms with Crippen LogP contribution in [0.2, 0.25) is 0 Å². The molecule has 3 aromatic rings. The van der Waals surface area contributed by atoms with Crippen molar-refractivity contribution in [2.45, 2.75) is 13.0 Å². The Hall–Kier alpha value is -2.80. The van der Waals surface area contributed by atoms with Crippen LogP contribution in [0.1, 0.15) is 27.7 Å². The number of aryl methyl sites for hydroxylation is 1. The summed E-state index contributed by atoms with van der Waals surface area (Å²) in [6.45, 7) is 1.66. The second kappa shape index (κ2) is 7.84. The molecular formula is C20H16BrFN2O3. The van der Waals surface area contributed by atoms with Gasteiger partial charge in [0.2, 0.25) is 0 Å². The maximum Gasteiger partial charge on any atom is 0.333 e. The summed E-state index contributed by atoms with van der Waals surface area (Å²) in [5, 5.41) is 3.32. The second-order valence-corrected chi connectivity index (χ2v) is 6.86. The first-order valence-corrected chi connectivity index (χ1v) is 8.89. The van der Waals surface area contributed by atoms with Crippen LogP contribution in [0.5, 0.6) is 0 Å². The molecule has 2 aromatic carbocycles. The van der Waals surface area contributed by atoms with E-state index in [9.17, 15) is 14.0 Å². The first-order chi connectivity index (χ1) is 12.9. The van der Waals surface area contributed by atoms with Crippen LogP contribution < -0.4 is 5.32 Å². The van der Waals surface area contributed by atoms with Crippen LogP contribution in [-0.4, -0.2) is 24.0 Å². The molecule has 1 heterocycles. The summed E-state index contributed by atoms with van der Waals surface area (Å²) in [6.07, 6.45) is 0. The van der Waals surface area contributed by atoms with Crippen molar-refractivity contribution in [3.05, 3.63) is 75.6 Å². The van der Waals surface area contributed by atoms with E-state index in [1.807, 2.05) is 0 Å². The molecular weight excluding hydrogens is 415 g/mol. The van der Waals surface area contributed by atoms with Crippen molar-refractivity contribution in [1.29, 1.82) is 0 Å². The Bertz CT molecular complexity index is 1020. The predicted octanol–water partition coefficient (Wildman–Crippen LogP) is 4.09. The molecule has 0 saturated heterocycles. The number of hydrogen-bond acceptors (Lipinski definition) is 4. The molecule has 1 N–H and O–H groups in total. The van der Waals surface area contributed by atoms with E-state index in [-0.39, 0.29) is 0 Å². The molecule has 0 spiro atoms. The molecule has 138 valence electrons. The minimum Gasteiger partial charge on any atom is -0.467 e. The van der Waals surface area contributed by atoms with E-state index in [1.165, 1.54) is 19.2 Å². The third-order valence-electron chi connectivity index (χ3n) is 4.13. The fourth-order valence-corrected chi connectivity index (χ4v) is 2.99. The highest BCUT2D eigenvalue weighted by molar-refractivity contribution is 9.10. The Morgan fingerprint density at radius 2 is 1.85 bits per heavy atom. The minimum absolute atomic E-state index is 0.306. The average Bonchev–Trinajstić information content (AvgIpc) is 2.65. The van der Waals surface area contributed by atoms with E-state index in [1.54, 1.807) is 43.3 Å². The van der Waals surface area contributed by atoms with Crippen molar-refractivity contribution < 1.29 is 18.7 Å². The Kier molecular flexibility index (Phi) is 5.51. The standard InChI is InChI=1S/C20H16BrFN2O3/c1-11-16(9-13-5-8-15(22)10-17(13)23-11)19(25)24-18(20(26)27-2)12-3-6-14(21)7-4-12/h3-10,18H,1-2H3,(H,24,25). The van der Waals surface area contributed by atoms with Gasteiger partial charge in [0.05, 0.1) is 23.9 Å². The lowest BCUT2D eigenvalue weighted by Gasteiger charge is -2.18. The highest BCUT2D eigenvalue weighted by Crippen LogP contribution is 2.21. The molecule has 1 atom stereocenters. The van der Waals surface area contributed by atoms with Gasteiger partial charge in [0, 0.05) is 15.9 Å². The van der Waals surface area contributed by atoms with Crippen molar-refractivity contribution in [3.8, 4) is 0 Å². The third kappa shape index (κ3) is 4.14. The SMILES string of the molecule is COC(=O)C(NC(=O)c1cc2ccc(F)cc2nc1C)c1ccc(Br)cc1. The number of rotatable bonds is 4. The molecule has 5 nitrogen and oxygen atoms in total. The fourth-order valence-electron chi connectivity index (χ4n) is 2.73. The summed E-state index contributed by atoms with van der Waals surface area (Å²) in [6, 6.07) is 11.8. The van der Waals surface area contributed by atoms with Gasteiger partial charge in [-0.2, -0.15) is 0 Å². The summed E-state index contributed by atoms with van der Waals surface area (Å²) in [7, 11) is 1.26. The molecule has 7 heteroatoms. The number of benzene rings is 2. The largest absolute Gasteiger partial charge is 0.467 e. The normalized spacial score (nSPS) is 11.9. The first kappa shape index (κ1) is 19.0. The lowest BCUT2D eigenvalue weighted by Crippen LogP contribution is -2.35. The lowest BCUT2D eigenvalue weighted by atomic mass is 10.0. The molecule has 0 aliphatic rings. The second-order valence-electron chi connectivity index (χ2n) is 5.94. The number of methoxy groups -OCH3 is 1. The molecule has 1 aromatic heterocycles. The number of esters is 1. The summed E-state index contributed by atoms with van der Waals surface area (Å²) in [4.78, 5) is 29.3. The average molecular weight is 431 g/mol. The number of carbonyl (C=O) groups excluding carboxylic acids is 2. The molecule has 0 radical (unpaired) electrons. The summed E-state index contributed by atoms with van der Waals surface area (Å²) in [5.41, 5.74) is 1.79. The fraction of sp³-hybridized carbons (Fsp3) is 0.150. The van der Waals surface area contributed by atoms with Crippen molar-refractivity contribution >= 4 is 38.7 Å². The van der Waals surface area contributed by atoms with Crippen LogP contribution in [0.25, 0.3) is 10.9 Å². The predicted molar refractivity (Wildman–Crippen MR) is 103 cm³/mol. The number of amides is 1. The molecule has 27 heavy (non-hydrogen) atoms. The molecule has 0 bridgehead atoms. The molecule has 0 fully saturated rings. The van der Waals surface area contributed by atoms with Crippen molar-refractivity contribution in [2.24, 2.45) is 0 Å². The number of fused-ring (bicyclic) bond motifs is 1. The van der Waals surface area contributed by atoms with Gasteiger partial charge in [-0.25, -0.2) is 9.18 Å². The van der Waals surface area contributed by atoms with Crippen molar-refractivity contribution in [3.63, 3.8) is 0 Å². The number of ether oxygens (including phenoxy) is 1. The minimum atomic E-state index is -0.959. The van der Waals surface area contributed by atoms with Gasteiger partial charge >= 0.3 is 5.97 Å². The number of halogens is 2. The number of hydrogen-bond donors (Lipinski definition) is 1. The summed E-state index contributed by atoms with van der Waals surface area (Å²) < 4.78 is 19.0. The topological polar surface area (TPSA) is 68.3 Å².